The predicted octanol–water partition coefficient (Wildman–Crippen LogP) is 0.449. The molecule has 2 rings (SSSR count). The average Bonchev–Trinajstić information content (AvgIpc) is 2.66. The third kappa shape index (κ3) is 3.33. The molecule has 0 spiro atoms. The zero-order valence-electron chi connectivity index (χ0n) is 10.7. The molecule has 0 radical (unpaired) electrons. The number of ether oxygens (including phenoxy) is 2. The van der Waals surface area contributed by atoms with Gasteiger partial charge in [0, 0.05) is 6.42 Å². The van der Waals surface area contributed by atoms with Gasteiger partial charge < -0.3 is 19.5 Å². The van der Waals surface area contributed by atoms with Gasteiger partial charge in [-0.2, -0.15) is 0 Å². The van der Waals surface area contributed by atoms with E-state index in [2.05, 4.69) is 6.92 Å². The Labute approximate surface area is 108 Å². The van der Waals surface area contributed by atoms with Gasteiger partial charge in [0.1, 0.15) is 0 Å². The van der Waals surface area contributed by atoms with Crippen LogP contribution in [0, 0.1) is 0 Å². The van der Waals surface area contributed by atoms with Gasteiger partial charge in [0.15, 0.2) is 0 Å². The molecule has 1 aliphatic heterocycles. The van der Waals surface area contributed by atoms with E-state index in [9.17, 15) is 0 Å². The van der Waals surface area contributed by atoms with Crippen LogP contribution in [0.15, 0.2) is 24.3 Å². The van der Waals surface area contributed by atoms with Crippen LogP contribution in [0.2, 0.25) is 0 Å². The minimum absolute atomic E-state index is 0.138. The smallest absolute Gasteiger partial charge is 0.423 e. The van der Waals surface area contributed by atoms with Crippen LogP contribution >= 0.6 is 0 Å². The Morgan fingerprint density at radius 1 is 1.28 bits per heavy atom. The summed E-state index contributed by atoms with van der Waals surface area (Å²) in [6.07, 6.45) is 1.47. The van der Waals surface area contributed by atoms with Crippen LogP contribution in [0.5, 0.6) is 0 Å². The maximum Gasteiger partial charge on any atom is 0.488 e. The van der Waals surface area contributed by atoms with Crippen molar-refractivity contribution in [2.75, 3.05) is 0 Å². The topological polar surface area (TPSA) is 58.9 Å². The number of benzene rings is 1. The first-order chi connectivity index (χ1) is 8.56. The van der Waals surface area contributed by atoms with Crippen molar-refractivity contribution in [2.24, 2.45) is 0 Å². The van der Waals surface area contributed by atoms with Gasteiger partial charge in [0.05, 0.1) is 24.9 Å². The molecular weight excluding hydrogens is 231 g/mol. The lowest BCUT2D eigenvalue weighted by Crippen LogP contribution is -2.29. The quantitative estimate of drug-likeness (QED) is 0.762. The van der Waals surface area contributed by atoms with E-state index in [0.29, 0.717) is 12.1 Å². The molecule has 0 bridgehead atoms. The Morgan fingerprint density at radius 2 is 1.94 bits per heavy atom. The fourth-order valence-electron chi connectivity index (χ4n) is 2.22. The van der Waals surface area contributed by atoms with E-state index in [1.807, 2.05) is 19.1 Å². The summed E-state index contributed by atoms with van der Waals surface area (Å²) >= 11 is 0. The lowest BCUT2D eigenvalue weighted by atomic mass is 9.80. The first-order valence-electron chi connectivity index (χ1n) is 6.28. The van der Waals surface area contributed by atoms with Crippen molar-refractivity contribution in [3.05, 3.63) is 29.8 Å². The minimum atomic E-state index is -1.41. The minimum Gasteiger partial charge on any atom is -0.423 e. The summed E-state index contributed by atoms with van der Waals surface area (Å²) in [5.74, 6) is 0. The highest BCUT2D eigenvalue weighted by Gasteiger charge is 2.30. The molecule has 1 heterocycles. The van der Waals surface area contributed by atoms with Gasteiger partial charge in [0.2, 0.25) is 0 Å². The molecule has 98 valence electrons. The molecule has 0 unspecified atom stereocenters. The maximum atomic E-state index is 8.99. The van der Waals surface area contributed by atoms with Gasteiger partial charge in [0.25, 0.3) is 0 Å². The van der Waals surface area contributed by atoms with E-state index < -0.39 is 7.12 Å². The van der Waals surface area contributed by atoms with Gasteiger partial charge in [-0.25, -0.2) is 0 Å². The number of rotatable bonds is 4. The molecule has 1 aliphatic rings. The van der Waals surface area contributed by atoms with Crippen LogP contribution in [-0.2, 0) is 16.1 Å². The molecule has 18 heavy (non-hydrogen) atoms. The Bertz CT molecular complexity index is 379. The van der Waals surface area contributed by atoms with Crippen molar-refractivity contribution in [3.8, 4) is 0 Å². The molecule has 0 amide bonds. The second-order valence-corrected chi connectivity index (χ2v) is 4.85. The fraction of sp³-hybridized carbons (Fsp3) is 0.538. The first-order valence-corrected chi connectivity index (χ1v) is 6.28. The van der Waals surface area contributed by atoms with E-state index in [4.69, 9.17) is 19.5 Å². The average molecular weight is 250 g/mol. The second-order valence-electron chi connectivity index (χ2n) is 4.85. The molecule has 5 heteroatoms. The summed E-state index contributed by atoms with van der Waals surface area (Å²) < 4.78 is 11.4. The highest BCUT2D eigenvalue weighted by atomic mass is 16.6. The molecule has 3 atom stereocenters. The van der Waals surface area contributed by atoms with Crippen molar-refractivity contribution >= 4 is 12.6 Å². The zero-order chi connectivity index (χ0) is 13.1. The molecule has 1 aromatic rings. The van der Waals surface area contributed by atoms with Crippen molar-refractivity contribution < 1.29 is 19.5 Å². The second kappa shape index (κ2) is 5.84. The third-order valence-electron chi connectivity index (χ3n) is 3.28. The molecule has 1 aromatic carbocycles. The lowest BCUT2D eigenvalue weighted by molar-refractivity contribution is -0.0172. The maximum absolute atomic E-state index is 8.99. The van der Waals surface area contributed by atoms with E-state index in [0.717, 1.165) is 12.0 Å². The standard InChI is InChI=1S/C13H19BO4/c1-9-7-13(10(2)18-9)17-8-11-3-5-12(6-4-11)14(15)16/h3-6,9-10,13,15-16H,7-8H2,1-2H3/t9-,10+,13+/m0/s1. The van der Waals surface area contributed by atoms with Gasteiger partial charge in [-0.05, 0) is 24.9 Å². The van der Waals surface area contributed by atoms with Crippen molar-refractivity contribution in [2.45, 2.75) is 45.2 Å². The van der Waals surface area contributed by atoms with E-state index in [1.54, 1.807) is 12.1 Å². The normalized spacial score (nSPS) is 27.4. The largest absolute Gasteiger partial charge is 0.488 e. The van der Waals surface area contributed by atoms with Gasteiger partial charge >= 0.3 is 7.12 Å². The van der Waals surface area contributed by atoms with Crippen LogP contribution in [0.4, 0.5) is 0 Å². The zero-order valence-corrected chi connectivity index (χ0v) is 10.7. The fourth-order valence-corrected chi connectivity index (χ4v) is 2.22. The molecular formula is C13H19BO4. The van der Waals surface area contributed by atoms with Crippen LogP contribution in [-0.4, -0.2) is 35.5 Å². The molecule has 2 N–H and O–H groups in total. The third-order valence-corrected chi connectivity index (χ3v) is 3.28. The summed E-state index contributed by atoms with van der Waals surface area (Å²) in [7, 11) is -1.41. The summed E-state index contributed by atoms with van der Waals surface area (Å²) in [4.78, 5) is 0. The highest BCUT2D eigenvalue weighted by Crippen LogP contribution is 2.23. The van der Waals surface area contributed by atoms with Crippen LogP contribution in [0.25, 0.3) is 0 Å². The lowest BCUT2D eigenvalue weighted by Gasteiger charge is -2.15. The van der Waals surface area contributed by atoms with Gasteiger partial charge in [-0.1, -0.05) is 24.3 Å². The van der Waals surface area contributed by atoms with Crippen molar-refractivity contribution in [1.29, 1.82) is 0 Å². The van der Waals surface area contributed by atoms with E-state index in [-0.39, 0.29) is 18.3 Å². The molecule has 0 saturated carbocycles. The van der Waals surface area contributed by atoms with Crippen LogP contribution in [0.3, 0.4) is 0 Å². The monoisotopic (exact) mass is 250 g/mol. The predicted molar refractivity (Wildman–Crippen MR) is 69.5 cm³/mol. The van der Waals surface area contributed by atoms with Crippen molar-refractivity contribution in [1.82, 2.24) is 0 Å². The molecule has 1 fully saturated rings. The van der Waals surface area contributed by atoms with E-state index >= 15 is 0 Å². The summed E-state index contributed by atoms with van der Waals surface area (Å²) in [5, 5.41) is 18.0. The van der Waals surface area contributed by atoms with Crippen molar-refractivity contribution in [3.63, 3.8) is 0 Å². The van der Waals surface area contributed by atoms with Crippen LogP contribution in [0.1, 0.15) is 25.8 Å². The summed E-state index contributed by atoms with van der Waals surface area (Å²) in [6.45, 7) is 4.60. The van der Waals surface area contributed by atoms with Gasteiger partial charge in [-0.15, -0.1) is 0 Å². The molecule has 0 aliphatic carbocycles. The number of hydrogen-bond donors (Lipinski definition) is 2. The summed E-state index contributed by atoms with van der Waals surface area (Å²) in [6, 6.07) is 7.08. The Morgan fingerprint density at radius 3 is 2.44 bits per heavy atom. The van der Waals surface area contributed by atoms with Crippen LogP contribution < -0.4 is 5.46 Å². The summed E-state index contributed by atoms with van der Waals surface area (Å²) in [5.41, 5.74) is 1.51. The molecule has 4 nitrogen and oxygen atoms in total. The first kappa shape index (κ1) is 13.6. The molecule has 0 aromatic heterocycles. The van der Waals surface area contributed by atoms with Gasteiger partial charge in [-0.3, -0.25) is 0 Å². The Kier molecular flexibility index (Phi) is 4.40. The Hall–Kier alpha value is -0.875. The van der Waals surface area contributed by atoms with E-state index in [1.165, 1.54) is 0 Å². The highest BCUT2D eigenvalue weighted by molar-refractivity contribution is 6.58. The molecule has 1 saturated heterocycles. The number of hydrogen-bond acceptors (Lipinski definition) is 4. The SMILES string of the molecule is C[C@H]1C[C@@H](OCc2ccc(B(O)O)cc2)[C@@H](C)O1. The Balaban J connectivity index is 1.86.